The summed E-state index contributed by atoms with van der Waals surface area (Å²) in [6.07, 6.45) is 2.55. The van der Waals surface area contributed by atoms with E-state index in [0.717, 1.165) is 6.54 Å². The van der Waals surface area contributed by atoms with Crippen LogP contribution in [-0.4, -0.2) is 23.9 Å². The van der Waals surface area contributed by atoms with E-state index in [1.54, 1.807) is 7.05 Å². The summed E-state index contributed by atoms with van der Waals surface area (Å²) in [5, 5.41) is 10.0. The van der Waals surface area contributed by atoms with Crippen LogP contribution in [0.4, 0.5) is 0 Å². The van der Waals surface area contributed by atoms with Crippen molar-refractivity contribution in [2.24, 2.45) is 5.41 Å². The fourth-order valence-electron chi connectivity index (χ4n) is 0.924. The Labute approximate surface area is 50.1 Å². The molecule has 2 nitrogen and oxygen atoms in total. The average Bonchev–Trinajstić information content (AvgIpc) is 2.17. The Balaban J connectivity index is 2.19. The highest BCUT2D eigenvalue weighted by Crippen LogP contribution is 2.44. The Morgan fingerprint density at radius 3 is 2.25 bits per heavy atom. The van der Waals surface area contributed by atoms with Crippen molar-refractivity contribution >= 4 is 0 Å². The standard InChI is InChI=1S/C6H13NO/c1-6(3-4-6)5-7(2)8/h8H,3-5H2,1-2H3. The zero-order valence-corrected chi connectivity index (χ0v) is 5.52. The minimum Gasteiger partial charge on any atom is -0.314 e. The van der Waals surface area contributed by atoms with E-state index in [1.165, 1.54) is 17.9 Å². The van der Waals surface area contributed by atoms with Crippen molar-refractivity contribution in [2.45, 2.75) is 19.8 Å². The van der Waals surface area contributed by atoms with Crippen molar-refractivity contribution in [2.75, 3.05) is 13.6 Å². The van der Waals surface area contributed by atoms with Crippen LogP contribution < -0.4 is 0 Å². The minimum absolute atomic E-state index is 0.448. The number of hydrogen-bond donors (Lipinski definition) is 1. The van der Waals surface area contributed by atoms with Crippen LogP contribution in [0.2, 0.25) is 0 Å². The molecular weight excluding hydrogens is 102 g/mol. The maximum Gasteiger partial charge on any atom is 0.0288 e. The van der Waals surface area contributed by atoms with Crippen LogP contribution in [-0.2, 0) is 0 Å². The van der Waals surface area contributed by atoms with Crippen LogP contribution in [0.5, 0.6) is 0 Å². The van der Waals surface area contributed by atoms with Crippen molar-refractivity contribution < 1.29 is 5.21 Å². The van der Waals surface area contributed by atoms with E-state index in [9.17, 15) is 0 Å². The quantitative estimate of drug-likeness (QED) is 0.545. The van der Waals surface area contributed by atoms with Gasteiger partial charge < -0.3 is 5.21 Å². The second-order valence-corrected chi connectivity index (χ2v) is 3.13. The summed E-state index contributed by atoms with van der Waals surface area (Å²) in [6.45, 7) is 3.02. The lowest BCUT2D eigenvalue weighted by molar-refractivity contribution is -0.0776. The lowest BCUT2D eigenvalue weighted by Gasteiger charge is -2.12. The fraction of sp³-hybridized carbons (Fsp3) is 1.00. The monoisotopic (exact) mass is 115 g/mol. The Hall–Kier alpha value is -0.0800. The smallest absolute Gasteiger partial charge is 0.0288 e. The van der Waals surface area contributed by atoms with Crippen molar-refractivity contribution in [1.29, 1.82) is 0 Å². The maximum atomic E-state index is 8.76. The van der Waals surface area contributed by atoms with Crippen molar-refractivity contribution in [3.8, 4) is 0 Å². The molecule has 0 radical (unpaired) electrons. The molecule has 0 atom stereocenters. The predicted molar refractivity (Wildman–Crippen MR) is 31.8 cm³/mol. The van der Waals surface area contributed by atoms with Crippen LogP contribution in [0.15, 0.2) is 0 Å². The largest absolute Gasteiger partial charge is 0.314 e. The molecular formula is C6H13NO. The van der Waals surface area contributed by atoms with E-state index in [-0.39, 0.29) is 0 Å². The van der Waals surface area contributed by atoms with Gasteiger partial charge in [0, 0.05) is 13.6 Å². The zero-order valence-electron chi connectivity index (χ0n) is 5.52. The summed E-state index contributed by atoms with van der Waals surface area (Å²) in [5.41, 5.74) is 0.448. The maximum absolute atomic E-state index is 8.76. The van der Waals surface area contributed by atoms with E-state index in [2.05, 4.69) is 6.92 Å². The second kappa shape index (κ2) is 1.71. The second-order valence-electron chi connectivity index (χ2n) is 3.13. The highest BCUT2D eigenvalue weighted by atomic mass is 16.5. The lowest BCUT2D eigenvalue weighted by atomic mass is 10.1. The number of hydroxylamine groups is 2. The summed E-state index contributed by atoms with van der Waals surface area (Å²) < 4.78 is 0. The molecule has 0 aromatic heterocycles. The molecule has 1 aliphatic carbocycles. The zero-order chi connectivity index (χ0) is 6.20. The average molecular weight is 115 g/mol. The third-order valence-electron chi connectivity index (χ3n) is 1.71. The summed E-state index contributed by atoms with van der Waals surface area (Å²) in [5.74, 6) is 0. The lowest BCUT2D eigenvalue weighted by Crippen LogP contribution is -2.20. The Morgan fingerprint density at radius 1 is 1.62 bits per heavy atom. The van der Waals surface area contributed by atoms with Gasteiger partial charge >= 0.3 is 0 Å². The molecule has 0 bridgehead atoms. The van der Waals surface area contributed by atoms with E-state index in [0.29, 0.717) is 5.41 Å². The van der Waals surface area contributed by atoms with E-state index < -0.39 is 0 Å². The van der Waals surface area contributed by atoms with Gasteiger partial charge in [0.2, 0.25) is 0 Å². The fourth-order valence-corrected chi connectivity index (χ4v) is 0.924. The van der Waals surface area contributed by atoms with E-state index >= 15 is 0 Å². The summed E-state index contributed by atoms with van der Waals surface area (Å²) >= 11 is 0. The van der Waals surface area contributed by atoms with Gasteiger partial charge in [0.15, 0.2) is 0 Å². The molecule has 1 aliphatic rings. The molecule has 0 spiro atoms. The van der Waals surface area contributed by atoms with Crippen LogP contribution in [0.1, 0.15) is 19.8 Å². The summed E-state index contributed by atoms with van der Waals surface area (Å²) in [6, 6.07) is 0. The normalized spacial score (nSPS) is 24.0. The third kappa shape index (κ3) is 1.46. The van der Waals surface area contributed by atoms with Gasteiger partial charge in [-0.1, -0.05) is 6.92 Å². The van der Waals surface area contributed by atoms with Crippen molar-refractivity contribution in [3.63, 3.8) is 0 Å². The van der Waals surface area contributed by atoms with E-state index in [4.69, 9.17) is 5.21 Å². The Morgan fingerprint density at radius 2 is 2.12 bits per heavy atom. The third-order valence-corrected chi connectivity index (χ3v) is 1.71. The minimum atomic E-state index is 0.448. The molecule has 1 saturated carbocycles. The topological polar surface area (TPSA) is 23.5 Å². The first kappa shape index (κ1) is 6.05. The number of nitrogens with zero attached hydrogens (tertiary/aromatic N) is 1. The van der Waals surface area contributed by atoms with Gasteiger partial charge in [-0.15, -0.1) is 0 Å². The van der Waals surface area contributed by atoms with E-state index in [1.807, 2.05) is 0 Å². The SMILES string of the molecule is CN(O)CC1(C)CC1. The van der Waals surface area contributed by atoms with Gasteiger partial charge in [-0.05, 0) is 18.3 Å². The van der Waals surface area contributed by atoms with Crippen LogP contribution in [0, 0.1) is 5.41 Å². The summed E-state index contributed by atoms with van der Waals surface area (Å²) in [7, 11) is 1.70. The molecule has 2 heteroatoms. The molecule has 0 heterocycles. The molecule has 0 saturated heterocycles. The molecule has 0 amide bonds. The molecule has 1 N–H and O–H groups in total. The number of hydrogen-bond acceptors (Lipinski definition) is 2. The predicted octanol–water partition coefficient (Wildman–Crippen LogP) is 1.11. The Bertz CT molecular complexity index is 86.5. The molecule has 0 aromatic rings. The first-order valence-electron chi connectivity index (χ1n) is 3.02. The van der Waals surface area contributed by atoms with Crippen LogP contribution in [0.3, 0.4) is 0 Å². The molecule has 48 valence electrons. The van der Waals surface area contributed by atoms with Crippen molar-refractivity contribution in [1.82, 2.24) is 5.06 Å². The molecule has 8 heavy (non-hydrogen) atoms. The van der Waals surface area contributed by atoms with Gasteiger partial charge in [-0.2, -0.15) is 5.06 Å². The summed E-state index contributed by atoms with van der Waals surface area (Å²) in [4.78, 5) is 0. The van der Waals surface area contributed by atoms with Gasteiger partial charge in [-0.3, -0.25) is 0 Å². The van der Waals surface area contributed by atoms with Gasteiger partial charge in [0.25, 0.3) is 0 Å². The van der Waals surface area contributed by atoms with Gasteiger partial charge in [-0.25, -0.2) is 0 Å². The van der Waals surface area contributed by atoms with Crippen LogP contribution >= 0.6 is 0 Å². The molecule has 0 aromatic carbocycles. The highest BCUT2D eigenvalue weighted by molar-refractivity contribution is 4.89. The first-order valence-corrected chi connectivity index (χ1v) is 3.02. The Kier molecular flexibility index (Phi) is 1.29. The van der Waals surface area contributed by atoms with Gasteiger partial charge in [0.05, 0.1) is 0 Å². The molecule has 1 fully saturated rings. The first-order chi connectivity index (χ1) is 3.62. The number of rotatable bonds is 2. The molecule has 1 rings (SSSR count). The molecule has 0 aliphatic heterocycles. The van der Waals surface area contributed by atoms with Gasteiger partial charge in [0.1, 0.15) is 0 Å². The molecule has 0 unspecified atom stereocenters. The van der Waals surface area contributed by atoms with Crippen molar-refractivity contribution in [3.05, 3.63) is 0 Å². The van der Waals surface area contributed by atoms with Crippen LogP contribution in [0.25, 0.3) is 0 Å². The highest BCUT2D eigenvalue weighted by Gasteiger charge is 2.37.